The smallest absolute Gasteiger partial charge is 0.295 e. The molecule has 1 saturated heterocycles. The Hall–Kier alpha value is -3.72. The zero-order valence-electron chi connectivity index (χ0n) is 21.3. The van der Waals surface area contributed by atoms with E-state index in [1.807, 2.05) is 0 Å². The number of ether oxygens (including phenoxy) is 5. The van der Waals surface area contributed by atoms with Crippen LogP contribution in [0.25, 0.3) is 5.76 Å². The van der Waals surface area contributed by atoms with Gasteiger partial charge in [-0.3, -0.25) is 9.59 Å². The molecule has 1 aliphatic heterocycles. The Morgan fingerprint density at radius 2 is 1.58 bits per heavy atom. The predicted molar refractivity (Wildman–Crippen MR) is 134 cm³/mol. The maximum atomic E-state index is 13.2. The summed E-state index contributed by atoms with van der Waals surface area (Å²) in [5.41, 5.74) is 0.867. The highest BCUT2D eigenvalue weighted by molar-refractivity contribution is 6.46. The molecule has 1 heterocycles. The molecule has 1 atom stereocenters. The number of aliphatic hydroxyl groups excluding tert-OH is 1. The second-order valence-electron chi connectivity index (χ2n) is 8.17. The van der Waals surface area contributed by atoms with Crippen molar-refractivity contribution in [1.82, 2.24) is 4.90 Å². The summed E-state index contributed by atoms with van der Waals surface area (Å²) in [5.74, 6) is -0.0573. The number of Topliss-reactive ketones (excluding diaryl/α,β-unsaturated/α-hetero) is 1. The van der Waals surface area contributed by atoms with Crippen LogP contribution in [-0.2, 0) is 14.3 Å². The number of unbranched alkanes of at least 4 members (excludes halogenated alkanes) is 1. The molecule has 9 nitrogen and oxygen atoms in total. The number of methoxy groups -OCH3 is 4. The van der Waals surface area contributed by atoms with E-state index in [1.54, 1.807) is 36.4 Å². The van der Waals surface area contributed by atoms with E-state index in [2.05, 4.69) is 6.92 Å². The van der Waals surface area contributed by atoms with E-state index in [0.29, 0.717) is 40.7 Å². The minimum absolute atomic E-state index is 0.0370. The molecule has 2 aromatic carbocycles. The van der Waals surface area contributed by atoms with E-state index in [0.717, 1.165) is 12.8 Å². The van der Waals surface area contributed by atoms with Crippen LogP contribution in [-0.4, -0.2) is 69.9 Å². The molecular formula is C27H33NO8. The average molecular weight is 500 g/mol. The summed E-state index contributed by atoms with van der Waals surface area (Å²) in [5, 5.41) is 11.3. The molecule has 0 spiro atoms. The first-order chi connectivity index (χ1) is 17.4. The molecular weight excluding hydrogens is 466 g/mol. The molecule has 1 N–H and O–H groups in total. The number of likely N-dealkylation sites (tertiary alicyclic amines) is 1. The number of carbonyl (C=O) groups is 2. The van der Waals surface area contributed by atoms with Crippen molar-refractivity contribution in [1.29, 1.82) is 0 Å². The molecule has 0 bridgehead atoms. The van der Waals surface area contributed by atoms with Crippen LogP contribution in [0.3, 0.4) is 0 Å². The van der Waals surface area contributed by atoms with Gasteiger partial charge in [-0.15, -0.1) is 0 Å². The maximum Gasteiger partial charge on any atom is 0.295 e. The number of carbonyl (C=O) groups excluding carboxylic acids is 2. The highest BCUT2D eigenvalue weighted by atomic mass is 16.5. The van der Waals surface area contributed by atoms with Crippen molar-refractivity contribution >= 4 is 17.4 Å². The molecule has 9 heteroatoms. The monoisotopic (exact) mass is 499 g/mol. The Morgan fingerprint density at radius 3 is 2.11 bits per heavy atom. The summed E-state index contributed by atoms with van der Waals surface area (Å²) in [7, 11) is 5.95. The molecule has 0 saturated carbocycles. The fourth-order valence-corrected chi connectivity index (χ4v) is 4.10. The Balaban J connectivity index is 2.13. The second kappa shape index (κ2) is 12.3. The topological polar surface area (TPSA) is 104 Å². The molecule has 1 amide bonds. The minimum Gasteiger partial charge on any atom is -0.507 e. The van der Waals surface area contributed by atoms with Crippen LogP contribution in [0.4, 0.5) is 0 Å². The van der Waals surface area contributed by atoms with E-state index in [-0.39, 0.29) is 24.5 Å². The lowest BCUT2D eigenvalue weighted by Crippen LogP contribution is -2.32. The van der Waals surface area contributed by atoms with Crippen LogP contribution in [0.15, 0.2) is 42.0 Å². The van der Waals surface area contributed by atoms with Gasteiger partial charge < -0.3 is 33.7 Å². The first kappa shape index (κ1) is 26.9. The van der Waals surface area contributed by atoms with E-state index in [9.17, 15) is 14.7 Å². The van der Waals surface area contributed by atoms with Gasteiger partial charge in [0.25, 0.3) is 11.7 Å². The van der Waals surface area contributed by atoms with Gasteiger partial charge in [-0.25, -0.2) is 0 Å². The van der Waals surface area contributed by atoms with Crippen LogP contribution in [0.1, 0.15) is 36.9 Å². The van der Waals surface area contributed by atoms with E-state index in [1.165, 1.54) is 33.3 Å². The second-order valence-corrected chi connectivity index (χ2v) is 8.17. The summed E-state index contributed by atoms with van der Waals surface area (Å²) in [6.45, 7) is 3.02. The Bertz CT molecular complexity index is 1080. The number of rotatable bonds is 12. The summed E-state index contributed by atoms with van der Waals surface area (Å²) < 4.78 is 27.2. The highest BCUT2D eigenvalue weighted by Crippen LogP contribution is 2.45. The van der Waals surface area contributed by atoms with Gasteiger partial charge in [-0.05, 0) is 48.4 Å². The van der Waals surface area contributed by atoms with Crippen LogP contribution in [0.5, 0.6) is 23.0 Å². The normalized spacial score (nSPS) is 16.8. The molecule has 0 aromatic heterocycles. The van der Waals surface area contributed by atoms with Crippen molar-refractivity contribution < 1.29 is 38.4 Å². The molecule has 0 radical (unpaired) electrons. The lowest BCUT2D eigenvalue weighted by Gasteiger charge is -2.26. The van der Waals surface area contributed by atoms with E-state index < -0.39 is 17.7 Å². The van der Waals surface area contributed by atoms with Crippen molar-refractivity contribution in [3.63, 3.8) is 0 Å². The highest BCUT2D eigenvalue weighted by Gasteiger charge is 2.46. The van der Waals surface area contributed by atoms with Crippen LogP contribution < -0.4 is 18.9 Å². The Morgan fingerprint density at radius 1 is 0.944 bits per heavy atom. The summed E-state index contributed by atoms with van der Waals surface area (Å²) in [6, 6.07) is 9.19. The minimum atomic E-state index is -0.894. The molecule has 0 aliphatic carbocycles. The molecule has 1 unspecified atom stereocenters. The van der Waals surface area contributed by atoms with Crippen molar-refractivity contribution in [2.45, 2.75) is 25.8 Å². The van der Waals surface area contributed by atoms with Gasteiger partial charge in [0.05, 0.1) is 46.2 Å². The predicted octanol–water partition coefficient (Wildman–Crippen LogP) is 3.96. The number of hydrogen-bond donors (Lipinski definition) is 1. The Labute approximate surface area is 211 Å². The number of amides is 1. The quantitative estimate of drug-likeness (QED) is 0.203. The first-order valence-corrected chi connectivity index (χ1v) is 11.7. The largest absolute Gasteiger partial charge is 0.507 e. The van der Waals surface area contributed by atoms with Crippen molar-refractivity contribution in [2.75, 3.05) is 48.2 Å². The molecule has 1 fully saturated rings. The maximum absolute atomic E-state index is 13.2. The van der Waals surface area contributed by atoms with Gasteiger partial charge in [-0.1, -0.05) is 13.3 Å². The lowest BCUT2D eigenvalue weighted by molar-refractivity contribution is -0.140. The van der Waals surface area contributed by atoms with Gasteiger partial charge >= 0.3 is 0 Å². The summed E-state index contributed by atoms with van der Waals surface area (Å²) >= 11 is 0. The summed E-state index contributed by atoms with van der Waals surface area (Å²) in [6.07, 6.45) is 1.95. The fourth-order valence-electron chi connectivity index (χ4n) is 4.10. The van der Waals surface area contributed by atoms with E-state index in [4.69, 9.17) is 23.7 Å². The third kappa shape index (κ3) is 5.41. The van der Waals surface area contributed by atoms with Crippen molar-refractivity contribution in [2.24, 2.45) is 0 Å². The van der Waals surface area contributed by atoms with Gasteiger partial charge in [0.2, 0.25) is 5.75 Å². The molecule has 36 heavy (non-hydrogen) atoms. The molecule has 1 aliphatic rings. The van der Waals surface area contributed by atoms with Crippen molar-refractivity contribution in [3.05, 3.63) is 53.1 Å². The van der Waals surface area contributed by atoms with E-state index >= 15 is 0 Å². The van der Waals surface area contributed by atoms with Gasteiger partial charge in [0.15, 0.2) is 11.5 Å². The first-order valence-electron chi connectivity index (χ1n) is 11.7. The molecule has 194 valence electrons. The zero-order valence-corrected chi connectivity index (χ0v) is 21.3. The number of ketones is 1. The van der Waals surface area contributed by atoms with Gasteiger partial charge in [-0.2, -0.15) is 0 Å². The third-order valence-corrected chi connectivity index (χ3v) is 5.97. The lowest BCUT2D eigenvalue weighted by atomic mass is 9.94. The molecule has 3 rings (SSSR count). The van der Waals surface area contributed by atoms with Crippen LogP contribution in [0.2, 0.25) is 0 Å². The fraction of sp³-hybridized carbons (Fsp3) is 0.407. The number of hydrogen-bond acceptors (Lipinski definition) is 8. The number of benzene rings is 2. The van der Waals surface area contributed by atoms with Crippen LogP contribution in [0, 0.1) is 0 Å². The third-order valence-electron chi connectivity index (χ3n) is 5.97. The number of aliphatic hydroxyl groups is 1. The van der Waals surface area contributed by atoms with Gasteiger partial charge in [0, 0.05) is 19.2 Å². The van der Waals surface area contributed by atoms with Gasteiger partial charge in [0.1, 0.15) is 11.5 Å². The molecule has 2 aromatic rings. The van der Waals surface area contributed by atoms with Crippen LogP contribution >= 0.6 is 0 Å². The standard InChI is InChI=1S/C27H33NO8/c1-6-7-13-36-19-10-8-17(9-11-19)24(29)22-23(28(12-14-32-2)27(31)25(22)30)18-15-20(33-3)26(35-5)21(16-18)34-4/h8-11,15-16,23,29H,6-7,12-14H2,1-5H3. The van der Waals surface area contributed by atoms with Crippen molar-refractivity contribution in [3.8, 4) is 23.0 Å². The Kier molecular flexibility index (Phi) is 9.19. The average Bonchev–Trinajstić information content (AvgIpc) is 3.15. The summed E-state index contributed by atoms with van der Waals surface area (Å²) in [4.78, 5) is 27.6. The number of nitrogens with zero attached hydrogens (tertiary/aromatic N) is 1. The SMILES string of the molecule is CCCCOc1ccc(C(O)=C2C(=O)C(=O)N(CCOC)C2c2cc(OC)c(OC)c(OC)c2)cc1. The zero-order chi connectivity index (χ0) is 26.2.